The van der Waals surface area contributed by atoms with Gasteiger partial charge in [0, 0.05) is 18.9 Å². The van der Waals surface area contributed by atoms with E-state index in [0.29, 0.717) is 12.1 Å². The molecule has 76 valence electrons. The van der Waals surface area contributed by atoms with Crippen LogP contribution in [0.4, 0.5) is 0 Å². The monoisotopic (exact) mass is 197 g/mol. The van der Waals surface area contributed by atoms with Crippen LogP contribution in [-0.4, -0.2) is 28.7 Å². The number of aryl methyl sites for hydroxylation is 1. The molecule has 0 aromatic carbocycles. The van der Waals surface area contributed by atoms with Crippen molar-refractivity contribution in [2.24, 2.45) is 0 Å². The zero-order valence-corrected chi connectivity index (χ0v) is 7.77. The first kappa shape index (κ1) is 10.3. The third kappa shape index (κ3) is 2.62. The van der Waals surface area contributed by atoms with E-state index in [1.165, 1.54) is 7.11 Å². The first-order valence-electron chi connectivity index (χ1n) is 4.09. The number of rotatable bonds is 4. The summed E-state index contributed by atoms with van der Waals surface area (Å²) in [6, 6.07) is 1.59. The summed E-state index contributed by atoms with van der Waals surface area (Å²) in [4.78, 5) is 21.3. The molecular weight excluding hydrogens is 186 g/mol. The second kappa shape index (κ2) is 4.45. The number of esters is 1. The highest BCUT2D eigenvalue weighted by Crippen LogP contribution is 2.03. The zero-order chi connectivity index (χ0) is 10.6. The van der Waals surface area contributed by atoms with E-state index in [9.17, 15) is 9.59 Å². The lowest BCUT2D eigenvalue weighted by Crippen LogP contribution is -2.03. The van der Waals surface area contributed by atoms with E-state index in [1.54, 1.807) is 23.0 Å². The number of carbonyl (C=O) groups excluding carboxylic acids is 1. The predicted octanol–water partition coefficient (Wildman–Crippen LogP) is 0.749. The van der Waals surface area contributed by atoms with Gasteiger partial charge in [0.15, 0.2) is 0 Å². The van der Waals surface area contributed by atoms with Crippen LogP contribution in [0, 0.1) is 0 Å². The van der Waals surface area contributed by atoms with Crippen LogP contribution < -0.4 is 0 Å². The summed E-state index contributed by atoms with van der Waals surface area (Å²) >= 11 is 0. The SMILES string of the molecule is COC(=O)c1ccn(CCC(=O)O)c1. The molecule has 1 N–H and O–H groups in total. The second-order valence-electron chi connectivity index (χ2n) is 2.77. The molecule has 1 rings (SSSR count). The molecule has 0 radical (unpaired) electrons. The molecule has 0 saturated carbocycles. The molecule has 0 spiro atoms. The number of nitrogens with zero attached hydrogens (tertiary/aromatic N) is 1. The van der Waals surface area contributed by atoms with Crippen molar-refractivity contribution < 1.29 is 19.4 Å². The molecule has 0 aliphatic heterocycles. The average molecular weight is 197 g/mol. The summed E-state index contributed by atoms with van der Waals surface area (Å²) in [5.74, 6) is -1.28. The summed E-state index contributed by atoms with van der Waals surface area (Å²) in [7, 11) is 1.30. The molecule has 0 aliphatic carbocycles. The highest BCUT2D eigenvalue weighted by atomic mass is 16.5. The highest BCUT2D eigenvalue weighted by Gasteiger charge is 2.07. The molecular formula is C9H11NO4. The Bertz CT molecular complexity index is 342. The first-order chi connectivity index (χ1) is 6.63. The van der Waals surface area contributed by atoms with Crippen molar-refractivity contribution in [2.75, 3.05) is 7.11 Å². The van der Waals surface area contributed by atoms with Crippen LogP contribution in [0.3, 0.4) is 0 Å². The van der Waals surface area contributed by atoms with Crippen LogP contribution in [0.1, 0.15) is 16.8 Å². The summed E-state index contributed by atoms with van der Waals surface area (Å²) in [6.07, 6.45) is 3.25. The van der Waals surface area contributed by atoms with E-state index in [-0.39, 0.29) is 6.42 Å². The van der Waals surface area contributed by atoms with Gasteiger partial charge in [0.2, 0.25) is 0 Å². The molecule has 0 unspecified atom stereocenters. The largest absolute Gasteiger partial charge is 0.481 e. The summed E-state index contributed by atoms with van der Waals surface area (Å²) in [5.41, 5.74) is 0.429. The Hall–Kier alpha value is -1.78. The molecule has 0 aliphatic rings. The van der Waals surface area contributed by atoms with Crippen molar-refractivity contribution in [3.8, 4) is 0 Å². The van der Waals surface area contributed by atoms with Crippen molar-refractivity contribution in [3.05, 3.63) is 24.0 Å². The third-order valence-corrected chi connectivity index (χ3v) is 1.76. The standard InChI is InChI=1S/C9H11NO4/c1-14-9(13)7-2-4-10(6-7)5-3-8(11)12/h2,4,6H,3,5H2,1H3,(H,11,12). The van der Waals surface area contributed by atoms with Gasteiger partial charge in [-0.2, -0.15) is 0 Å². The van der Waals surface area contributed by atoms with Gasteiger partial charge in [-0.15, -0.1) is 0 Å². The van der Waals surface area contributed by atoms with E-state index >= 15 is 0 Å². The summed E-state index contributed by atoms with van der Waals surface area (Å²) in [5, 5.41) is 8.43. The quantitative estimate of drug-likeness (QED) is 0.723. The molecule has 0 saturated heterocycles. The van der Waals surface area contributed by atoms with Crippen molar-refractivity contribution in [2.45, 2.75) is 13.0 Å². The fraction of sp³-hybridized carbons (Fsp3) is 0.333. The van der Waals surface area contributed by atoms with Gasteiger partial charge >= 0.3 is 11.9 Å². The average Bonchev–Trinajstić information content (AvgIpc) is 2.62. The lowest BCUT2D eigenvalue weighted by atomic mass is 10.3. The Labute approximate surface area is 80.9 Å². The number of carboxylic acid groups (broad SMARTS) is 1. The van der Waals surface area contributed by atoms with E-state index < -0.39 is 11.9 Å². The molecule has 0 bridgehead atoms. The van der Waals surface area contributed by atoms with Crippen molar-refractivity contribution in [1.29, 1.82) is 0 Å². The number of carbonyl (C=O) groups is 2. The van der Waals surface area contributed by atoms with E-state index in [0.717, 1.165) is 0 Å². The molecule has 0 fully saturated rings. The van der Waals surface area contributed by atoms with Crippen LogP contribution in [0.15, 0.2) is 18.5 Å². The maximum atomic E-state index is 11.0. The van der Waals surface area contributed by atoms with Crippen LogP contribution >= 0.6 is 0 Å². The molecule has 5 heteroatoms. The smallest absolute Gasteiger partial charge is 0.339 e. The summed E-state index contributed by atoms with van der Waals surface area (Å²) in [6.45, 7) is 0.353. The molecule has 1 heterocycles. The molecule has 5 nitrogen and oxygen atoms in total. The Morgan fingerprint density at radius 2 is 2.29 bits per heavy atom. The number of aliphatic carboxylic acids is 1. The fourth-order valence-corrected chi connectivity index (χ4v) is 1.04. The minimum atomic E-state index is -0.863. The number of methoxy groups -OCH3 is 1. The van der Waals surface area contributed by atoms with Crippen LogP contribution in [0.5, 0.6) is 0 Å². The lowest BCUT2D eigenvalue weighted by Gasteiger charge is -1.98. The Morgan fingerprint density at radius 1 is 1.57 bits per heavy atom. The van der Waals surface area contributed by atoms with Crippen LogP contribution in [0.25, 0.3) is 0 Å². The van der Waals surface area contributed by atoms with Crippen molar-refractivity contribution in [1.82, 2.24) is 4.57 Å². The normalized spacial score (nSPS) is 9.79. The fourth-order valence-electron chi connectivity index (χ4n) is 1.04. The van der Waals surface area contributed by atoms with Crippen molar-refractivity contribution in [3.63, 3.8) is 0 Å². The van der Waals surface area contributed by atoms with Crippen LogP contribution in [-0.2, 0) is 16.1 Å². The molecule has 1 aromatic rings. The number of hydrogen-bond donors (Lipinski definition) is 1. The maximum absolute atomic E-state index is 11.0. The maximum Gasteiger partial charge on any atom is 0.339 e. The molecule has 14 heavy (non-hydrogen) atoms. The van der Waals surface area contributed by atoms with Gasteiger partial charge in [-0.3, -0.25) is 4.79 Å². The Kier molecular flexibility index (Phi) is 3.28. The Morgan fingerprint density at radius 3 is 2.86 bits per heavy atom. The van der Waals surface area contributed by atoms with Crippen LogP contribution in [0.2, 0.25) is 0 Å². The number of aromatic nitrogens is 1. The van der Waals surface area contributed by atoms with E-state index in [1.807, 2.05) is 0 Å². The number of hydrogen-bond acceptors (Lipinski definition) is 3. The molecule has 0 atom stereocenters. The first-order valence-corrected chi connectivity index (χ1v) is 4.09. The van der Waals surface area contributed by atoms with Gasteiger partial charge in [-0.25, -0.2) is 4.79 Å². The minimum Gasteiger partial charge on any atom is -0.481 e. The highest BCUT2D eigenvalue weighted by molar-refractivity contribution is 5.89. The number of ether oxygens (including phenoxy) is 1. The lowest BCUT2D eigenvalue weighted by molar-refractivity contribution is -0.137. The van der Waals surface area contributed by atoms with Gasteiger partial charge in [0.25, 0.3) is 0 Å². The Balaban J connectivity index is 2.59. The zero-order valence-electron chi connectivity index (χ0n) is 7.77. The molecule has 1 aromatic heterocycles. The van der Waals surface area contributed by atoms with Crippen molar-refractivity contribution >= 4 is 11.9 Å². The topological polar surface area (TPSA) is 68.5 Å². The van der Waals surface area contributed by atoms with E-state index in [2.05, 4.69) is 4.74 Å². The third-order valence-electron chi connectivity index (χ3n) is 1.76. The van der Waals surface area contributed by atoms with Gasteiger partial charge in [-0.1, -0.05) is 0 Å². The minimum absolute atomic E-state index is 0.0370. The predicted molar refractivity (Wildman–Crippen MR) is 48.0 cm³/mol. The van der Waals surface area contributed by atoms with Gasteiger partial charge in [0.1, 0.15) is 0 Å². The van der Waals surface area contributed by atoms with E-state index in [4.69, 9.17) is 5.11 Å². The van der Waals surface area contributed by atoms with Gasteiger partial charge in [-0.05, 0) is 6.07 Å². The molecule has 0 amide bonds. The second-order valence-corrected chi connectivity index (χ2v) is 2.77. The summed E-state index contributed by atoms with van der Waals surface area (Å²) < 4.78 is 6.15. The number of carboxylic acids is 1. The van der Waals surface area contributed by atoms with Gasteiger partial charge < -0.3 is 14.4 Å². The van der Waals surface area contributed by atoms with Gasteiger partial charge in [0.05, 0.1) is 19.1 Å².